The first kappa shape index (κ1) is 16.4. The van der Waals surface area contributed by atoms with Crippen molar-refractivity contribution in [2.45, 2.75) is 58.3 Å². The molecule has 3 fully saturated rings. The molecule has 1 heterocycles. The van der Waals surface area contributed by atoms with E-state index in [1.165, 1.54) is 71.2 Å². The summed E-state index contributed by atoms with van der Waals surface area (Å²) in [5.74, 6) is 1.59. The zero-order valence-corrected chi connectivity index (χ0v) is 15.6. The Kier molecular flexibility index (Phi) is 4.60. The third kappa shape index (κ3) is 3.49. The largest absolute Gasteiger partial charge is 0.369 e. The van der Waals surface area contributed by atoms with Gasteiger partial charge in [-0.15, -0.1) is 0 Å². The maximum atomic E-state index is 2.66. The third-order valence-corrected chi connectivity index (χ3v) is 6.72. The minimum absolute atomic E-state index is 0.779. The lowest BCUT2D eigenvalue weighted by molar-refractivity contribution is 0.231. The number of benzene rings is 1. The van der Waals surface area contributed by atoms with Crippen molar-refractivity contribution in [2.75, 3.05) is 37.6 Å². The van der Waals surface area contributed by atoms with Gasteiger partial charge in [0.05, 0.1) is 0 Å². The number of anilines is 1. The van der Waals surface area contributed by atoms with Gasteiger partial charge in [-0.1, -0.05) is 32.0 Å². The molecule has 0 amide bonds. The molecule has 3 aliphatic rings. The van der Waals surface area contributed by atoms with Crippen molar-refractivity contribution in [1.29, 1.82) is 0 Å². The van der Waals surface area contributed by atoms with Crippen LogP contribution in [-0.4, -0.2) is 37.6 Å². The van der Waals surface area contributed by atoms with Crippen molar-refractivity contribution in [3.63, 3.8) is 0 Å². The fraction of sp³-hybridized carbons (Fsp3) is 0.727. The lowest BCUT2D eigenvalue weighted by Gasteiger charge is -2.39. The van der Waals surface area contributed by atoms with Crippen molar-refractivity contribution in [3.05, 3.63) is 29.8 Å². The summed E-state index contributed by atoms with van der Waals surface area (Å²) in [6.45, 7) is 10.7. The smallest absolute Gasteiger partial charge is 0.0402 e. The van der Waals surface area contributed by atoms with Gasteiger partial charge < -0.3 is 4.90 Å². The van der Waals surface area contributed by atoms with Crippen LogP contribution in [-0.2, 0) is 0 Å². The molecule has 0 atom stereocenters. The molecule has 2 saturated carbocycles. The Morgan fingerprint density at radius 1 is 0.958 bits per heavy atom. The second-order valence-corrected chi connectivity index (χ2v) is 9.01. The zero-order valence-electron chi connectivity index (χ0n) is 15.6. The van der Waals surface area contributed by atoms with E-state index in [1.807, 2.05) is 0 Å². The Bertz CT molecular complexity index is 543. The molecular weight excluding hydrogens is 292 g/mol. The van der Waals surface area contributed by atoms with Crippen LogP contribution in [0.15, 0.2) is 24.3 Å². The van der Waals surface area contributed by atoms with Crippen LogP contribution in [0, 0.1) is 11.3 Å². The fourth-order valence-corrected chi connectivity index (χ4v) is 5.03. The molecule has 4 rings (SSSR count). The number of hydrogen-bond donors (Lipinski definition) is 0. The molecule has 0 N–H and O–H groups in total. The first-order chi connectivity index (χ1) is 11.7. The van der Waals surface area contributed by atoms with E-state index < -0.39 is 0 Å². The van der Waals surface area contributed by atoms with E-state index in [-0.39, 0.29) is 0 Å². The molecule has 2 aliphatic carbocycles. The lowest BCUT2D eigenvalue weighted by Crippen LogP contribution is -2.47. The summed E-state index contributed by atoms with van der Waals surface area (Å²) in [5.41, 5.74) is 3.98. The number of nitrogens with zero attached hydrogens (tertiary/aromatic N) is 2. The summed E-state index contributed by atoms with van der Waals surface area (Å²) in [4.78, 5) is 5.30. The maximum absolute atomic E-state index is 2.66. The number of hydrogen-bond acceptors (Lipinski definition) is 2. The Hall–Kier alpha value is -1.02. The first-order valence-corrected chi connectivity index (χ1v) is 10.2. The van der Waals surface area contributed by atoms with Gasteiger partial charge in [-0.3, -0.25) is 4.90 Å². The SMILES string of the molecule is CC(C)CN1CCN(c2ccccc2C2CCC3(CC2)CC3)CC1. The fourth-order valence-electron chi connectivity index (χ4n) is 5.03. The molecule has 1 saturated heterocycles. The van der Waals surface area contributed by atoms with Crippen molar-refractivity contribution >= 4 is 5.69 Å². The lowest BCUT2D eigenvalue weighted by atomic mass is 9.76. The van der Waals surface area contributed by atoms with E-state index in [4.69, 9.17) is 0 Å². The molecule has 0 unspecified atom stereocenters. The Balaban J connectivity index is 1.42. The first-order valence-electron chi connectivity index (χ1n) is 10.2. The second-order valence-electron chi connectivity index (χ2n) is 9.01. The highest BCUT2D eigenvalue weighted by Crippen LogP contribution is 2.59. The van der Waals surface area contributed by atoms with E-state index >= 15 is 0 Å². The van der Waals surface area contributed by atoms with E-state index in [1.54, 1.807) is 11.3 Å². The van der Waals surface area contributed by atoms with Crippen LogP contribution in [0.3, 0.4) is 0 Å². The topological polar surface area (TPSA) is 6.48 Å². The summed E-state index contributed by atoms with van der Waals surface area (Å²) in [6, 6.07) is 9.31. The normalized spacial score (nSPS) is 24.7. The number of piperazine rings is 1. The van der Waals surface area contributed by atoms with Gasteiger partial charge in [0.25, 0.3) is 0 Å². The van der Waals surface area contributed by atoms with Crippen LogP contribution in [0.4, 0.5) is 5.69 Å². The van der Waals surface area contributed by atoms with Gasteiger partial charge in [0.2, 0.25) is 0 Å². The number of para-hydroxylation sites is 1. The molecule has 1 aromatic rings. The number of rotatable bonds is 4. The highest BCUT2D eigenvalue weighted by Gasteiger charge is 2.45. The van der Waals surface area contributed by atoms with Crippen LogP contribution < -0.4 is 4.90 Å². The van der Waals surface area contributed by atoms with Gasteiger partial charge in [0, 0.05) is 38.4 Å². The predicted octanol–water partition coefficient (Wildman–Crippen LogP) is 4.90. The summed E-state index contributed by atoms with van der Waals surface area (Å²) < 4.78 is 0. The highest BCUT2D eigenvalue weighted by atomic mass is 15.3. The molecule has 0 aromatic heterocycles. The second kappa shape index (κ2) is 6.71. The molecule has 0 radical (unpaired) electrons. The monoisotopic (exact) mass is 326 g/mol. The molecule has 24 heavy (non-hydrogen) atoms. The van der Waals surface area contributed by atoms with Gasteiger partial charge in [0.15, 0.2) is 0 Å². The van der Waals surface area contributed by atoms with Gasteiger partial charge in [-0.25, -0.2) is 0 Å². The minimum Gasteiger partial charge on any atom is -0.369 e. The van der Waals surface area contributed by atoms with Crippen molar-refractivity contribution < 1.29 is 0 Å². The molecule has 132 valence electrons. The van der Waals surface area contributed by atoms with E-state index in [0.717, 1.165) is 17.3 Å². The van der Waals surface area contributed by atoms with Crippen molar-refractivity contribution in [1.82, 2.24) is 4.90 Å². The van der Waals surface area contributed by atoms with E-state index in [2.05, 4.69) is 47.9 Å². The quantitative estimate of drug-likeness (QED) is 0.776. The maximum Gasteiger partial charge on any atom is 0.0402 e. The standard InChI is InChI=1S/C22H34N2/c1-18(2)17-23-13-15-24(16-14-23)21-6-4-3-5-20(21)19-7-9-22(10-8-19)11-12-22/h3-6,18-19H,7-17H2,1-2H3. The molecule has 1 spiro atoms. The van der Waals surface area contributed by atoms with Crippen LogP contribution in [0.1, 0.15) is 63.9 Å². The summed E-state index contributed by atoms with van der Waals surface area (Å²) in [7, 11) is 0. The average Bonchev–Trinajstić information content (AvgIpc) is 3.35. The highest BCUT2D eigenvalue weighted by molar-refractivity contribution is 5.55. The van der Waals surface area contributed by atoms with Crippen LogP contribution in [0.5, 0.6) is 0 Å². The van der Waals surface area contributed by atoms with Gasteiger partial charge in [0.1, 0.15) is 0 Å². The van der Waals surface area contributed by atoms with Crippen molar-refractivity contribution in [3.8, 4) is 0 Å². The van der Waals surface area contributed by atoms with Gasteiger partial charge >= 0.3 is 0 Å². The Labute approximate surface area is 148 Å². The Morgan fingerprint density at radius 2 is 1.62 bits per heavy atom. The summed E-state index contributed by atoms with van der Waals surface area (Å²) in [5, 5.41) is 0. The zero-order chi connectivity index (χ0) is 16.6. The van der Waals surface area contributed by atoms with Gasteiger partial charge in [-0.05, 0) is 67.4 Å². The molecular formula is C22H34N2. The van der Waals surface area contributed by atoms with Gasteiger partial charge in [-0.2, -0.15) is 0 Å². The van der Waals surface area contributed by atoms with Crippen LogP contribution in [0.25, 0.3) is 0 Å². The average molecular weight is 327 g/mol. The molecule has 1 aromatic carbocycles. The van der Waals surface area contributed by atoms with Crippen LogP contribution >= 0.6 is 0 Å². The Morgan fingerprint density at radius 3 is 2.25 bits per heavy atom. The predicted molar refractivity (Wildman–Crippen MR) is 103 cm³/mol. The van der Waals surface area contributed by atoms with Crippen LogP contribution in [0.2, 0.25) is 0 Å². The van der Waals surface area contributed by atoms with E-state index in [0.29, 0.717) is 0 Å². The van der Waals surface area contributed by atoms with Crippen molar-refractivity contribution in [2.24, 2.45) is 11.3 Å². The molecule has 0 bridgehead atoms. The minimum atomic E-state index is 0.779. The molecule has 2 nitrogen and oxygen atoms in total. The molecule has 1 aliphatic heterocycles. The van der Waals surface area contributed by atoms with E-state index in [9.17, 15) is 0 Å². The molecule has 2 heteroatoms. The summed E-state index contributed by atoms with van der Waals surface area (Å²) >= 11 is 0. The summed E-state index contributed by atoms with van der Waals surface area (Å²) in [6.07, 6.45) is 8.83. The third-order valence-electron chi connectivity index (χ3n) is 6.72.